The molecule has 1 aromatic carbocycles. The molecule has 1 aliphatic heterocycles. The number of aryl methyl sites for hydroxylation is 1. The van der Waals surface area contributed by atoms with Crippen molar-refractivity contribution in [2.45, 2.75) is 13.8 Å². The highest BCUT2D eigenvalue weighted by atomic mass is 32.1. The van der Waals surface area contributed by atoms with Crippen LogP contribution < -0.4 is 15.0 Å². The summed E-state index contributed by atoms with van der Waals surface area (Å²) < 4.78 is 7.39. The second kappa shape index (κ2) is 8.16. The number of anilines is 1. The molecule has 1 saturated heterocycles. The van der Waals surface area contributed by atoms with E-state index in [4.69, 9.17) is 17.0 Å². The molecule has 156 valence electrons. The number of para-hydroxylation sites is 2. The van der Waals surface area contributed by atoms with Gasteiger partial charge < -0.3 is 9.30 Å². The highest BCUT2D eigenvalue weighted by Gasteiger charge is 2.36. The fourth-order valence-corrected chi connectivity index (χ4v) is 3.94. The van der Waals surface area contributed by atoms with E-state index in [9.17, 15) is 9.59 Å². The highest BCUT2D eigenvalue weighted by molar-refractivity contribution is 7.80. The maximum atomic E-state index is 13.3. The van der Waals surface area contributed by atoms with E-state index in [-0.39, 0.29) is 10.7 Å². The van der Waals surface area contributed by atoms with Crippen molar-refractivity contribution < 1.29 is 14.3 Å². The number of carbonyl (C=O) groups is 2. The van der Waals surface area contributed by atoms with Gasteiger partial charge in [-0.05, 0) is 68.0 Å². The summed E-state index contributed by atoms with van der Waals surface area (Å²) in [5, 5.41) is 2.62. The van der Waals surface area contributed by atoms with E-state index >= 15 is 0 Å². The molecular weight excluding hydrogens is 412 g/mol. The molecule has 7 nitrogen and oxygen atoms in total. The van der Waals surface area contributed by atoms with Gasteiger partial charge in [-0.1, -0.05) is 12.1 Å². The first kappa shape index (κ1) is 20.5. The monoisotopic (exact) mass is 432 g/mol. The number of nitrogens with zero attached hydrogens (tertiary/aromatic N) is 3. The molecule has 4 rings (SSSR count). The molecule has 0 atom stereocenters. The number of rotatable bonds is 4. The van der Waals surface area contributed by atoms with E-state index in [1.165, 1.54) is 12.0 Å². The maximum Gasteiger partial charge on any atom is 0.270 e. The number of ether oxygens (including phenoxy) is 1. The molecule has 2 aromatic heterocycles. The van der Waals surface area contributed by atoms with Crippen molar-refractivity contribution in [3.63, 3.8) is 0 Å². The lowest BCUT2D eigenvalue weighted by atomic mass is 10.1. The summed E-state index contributed by atoms with van der Waals surface area (Å²) in [5.74, 6) is -0.569. The van der Waals surface area contributed by atoms with Crippen LogP contribution in [-0.4, -0.2) is 33.6 Å². The number of amides is 2. The zero-order valence-corrected chi connectivity index (χ0v) is 18.1. The lowest BCUT2D eigenvalue weighted by molar-refractivity contribution is -0.122. The summed E-state index contributed by atoms with van der Waals surface area (Å²) >= 11 is 5.28. The molecule has 8 heteroatoms. The van der Waals surface area contributed by atoms with Crippen molar-refractivity contribution in [1.29, 1.82) is 0 Å². The van der Waals surface area contributed by atoms with Gasteiger partial charge in [-0.3, -0.25) is 19.9 Å². The lowest BCUT2D eigenvalue weighted by Crippen LogP contribution is -2.54. The van der Waals surface area contributed by atoms with Crippen molar-refractivity contribution >= 4 is 40.9 Å². The van der Waals surface area contributed by atoms with Crippen LogP contribution in [0, 0.1) is 13.8 Å². The normalized spacial score (nSPS) is 15.4. The zero-order valence-electron chi connectivity index (χ0n) is 17.2. The van der Waals surface area contributed by atoms with Crippen molar-refractivity contribution in [2.24, 2.45) is 0 Å². The number of hydrogen-bond donors (Lipinski definition) is 1. The molecule has 0 aliphatic carbocycles. The maximum absolute atomic E-state index is 13.3. The molecule has 1 fully saturated rings. The minimum absolute atomic E-state index is 0.00839. The topological polar surface area (TPSA) is 76.5 Å². The average Bonchev–Trinajstić information content (AvgIpc) is 3.04. The second-order valence-electron chi connectivity index (χ2n) is 7.00. The van der Waals surface area contributed by atoms with Gasteiger partial charge in [-0.2, -0.15) is 0 Å². The Balaban J connectivity index is 1.78. The third-order valence-corrected chi connectivity index (χ3v) is 5.39. The average molecular weight is 433 g/mol. The van der Waals surface area contributed by atoms with Crippen molar-refractivity contribution in [3.8, 4) is 11.4 Å². The van der Waals surface area contributed by atoms with Crippen LogP contribution in [0.3, 0.4) is 0 Å². The molecule has 3 aromatic rings. The molecule has 0 unspecified atom stereocenters. The summed E-state index contributed by atoms with van der Waals surface area (Å²) in [6.07, 6.45) is 5.06. The summed E-state index contributed by atoms with van der Waals surface area (Å²) in [4.78, 5) is 31.4. The molecule has 0 saturated carbocycles. The van der Waals surface area contributed by atoms with E-state index in [1.54, 1.807) is 42.7 Å². The lowest BCUT2D eigenvalue weighted by Gasteiger charge is -2.29. The zero-order chi connectivity index (χ0) is 22.1. The van der Waals surface area contributed by atoms with Gasteiger partial charge in [0.15, 0.2) is 5.11 Å². The molecule has 0 spiro atoms. The molecular formula is C23H20N4O3S. The Bertz CT molecular complexity index is 1230. The van der Waals surface area contributed by atoms with Crippen LogP contribution in [0.5, 0.6) is 5.75 Å². The number of hydrogen-bond acceptors (Lipinski definition) is 5. The van der Waals surface area contributed by atoms with Crippen LogP contribution in [0.1, 0.15) is 17.0 Å². The number of pyridine rings is 1. The van der Waals surface area contributed by atoms with E-state index in [0.29, 0.717) is 11.4 Å². The fourth-order valence-electron chi connectivity index (χ4n) is 3.66. The van der Waals surface area contributed by atoms with Crippen molar-refractivity contribution in [2.75, 3.05) is 12.0 Å². The Morgan fingerprint density at radius 2 is 1.90 bits per heavy atom. The Hall–Kier alpha value is -3.78. The highest BCUT2D eigenvalue weighted by Crippen LogP contribution is 2.31. The van der Waals surface area contributed by atoms with Gasteiger partial charge in [0.25, 0.3) is 11.8 Å². The summed E-state index contributed by atoms with van der Waals surface area (Å²) in [6.45, 7) is 3.89. The second-order valence-corrected chi connectivity index (χ2v) is 7.39. The molecule has 0 radical (unpaired) electrons. The predicted molar refractivity (Wildman–Crippen MR) is 122 cm³/mol. The van der Waals surface area contributed by atoms with Gasteiger partial charge in [0, 0.05) is 17.6 Å². The number of thiocarbonyl (C=S) groups is 1. The van der Waals surface area contributed by atoms with Crippen LogP contribution >= 0.6 is 12.2 Å². The number of benzene rings is 1. The Kier molecular flexibility index (Phi) is 5.39. The SMILES string of the molecule is COc1ccccc1N1C(=O)/C(=C\c2cc(C)n(-c3cccnc3)c2C)C(=O)NC1=S. The van der Waals surface area contributed by atoms with Crippen molar-refractivity contribution in [1.82, 2.24) is 14.9 Å². The van der Waals surface area contributed by atoms with Crippen molar-refractivity contribution in [3.05, 3.63) is 77.4 Å². The van der Waals surface area contributed by atoms with Crippen LogP contribution in [0.2, 0.25) is 0 Å². The minimum atomic E-state index is -0.535. The third-order valence-electron chi connectivity index (χ3n) is 5.10. The molecule has 31 heavy (non-hydrogen) atoms. The molecule has 0 bridgehead atoms. The number of nitrogens with one attached hydrogen (secondary N) is 1. The van der Waals surface area contributed by atoms with Crippen LogP contribution in [-0.2, 0) is 9.59 Å². The summed E-state index contributed by atoms with van der Waals surface area (Å²) in [7, 11) is 1.51. The summed E-state index contributed by atoms with van der Waals surface area (Å²) in [6, 6.07) is 12.7. The minimum Gasteiger partial charge on any atom is -0.495 e. The first-order chi connectivity index (χ1) is 14.9. The molecule has 3 heterocycles. The van der Waals surface area contributed by atoms with Crippen LogP contribution in [0.4, 0.5) is 5.69 Å². The van der Waals surface area contributed by atoms with Gasteiger partial charge in [0.05, 0.1) is 24.7 Å². The van der Waals surface area contributed by atoms with Crippen LogP contribution in [0.25, 0.3) is 11.8 Å². The summed E-state index contributed by atoms with van der Waals surface area (Å²) in [5.41, 5.74) is 3.96. The first-order valence-electron chi connectivity index (χ1n) is 9.56. The van der Waals surface area contributed by atoms with Gasteiger partial charge in [0.1, 0.15) is 11.3 Å². The molecule has 1 aliphatic rings. The van der Waals surface area contributed by atoms with Gasteiger partial charge in [0.2, 0.25) is 0 Å². The van der Waals surface area contributed by atoms with E-state index in [2.05, 4.69) is 10.3 Å². The van der Waals surface area contributed by atoms with E-state index in [1.807, 2.05) is 36.6 Å². The van der Waals surface area contributed by atoms with E-state index < -0.39 is 11.8 Å². The molecule has 1 N–H and O–H groups in total. The number of carbonyl (C=O) groups excluding carboxylic acids is 2. The first-order valence-corrected chi connectivity index (χ1v) is 9.97. The number of methoxy groups -OCH3 is 1. The number of aromatic nitrogens is 2. The smallest absolute Gasteiger partial charge is 0.270 e. The Morgan fingerprint density at radius 3 is 2.61 bits per heavy atom. The third kappa shape index (κ3) is 3.62. The van der Waals surface area contributed by atoms with E-state index in [0.717, 1.165) is 22.6 Å². The van der Waals surface area contributed by atoms with Crippen LogP contribution in [0.15, 0.2) is 60.4 Å². The van der Waals surface area contributed by atoms with Gasteiger partial charge >= 0.3 is 0 Å². The standard InChI is InChI=1S/C23H20N4O3S/c1-14-11-16(15(2)26(14)17-7-6-10-24-13-17)12-18-21(28)25-23(31)27(22(18)29)19-8-4-5-9-20(19)30-3/h4-13H,1-3H3,(H,25,28,31)/b18-12-. The Labute approximate surface area is 185 Å². The molecule has 2 amide bonds. The van der Waals surface area contributed by atoms with Gasteiger partial charge in [-0.25, -0.2) is 4.90 Å². The fraction of sp³-hybridized carbons (Fsp3) is 0.130. The van der Waals surface area contributed by atoms with Gasteiger partial charge in [-0.15, -0.1) is 0 Å². The quantitative estimate of drug-likeness (QED) is 0.389. The Morgan fingerprint density at radius 1 is 1.13 bits per heavy atom. The largest absolute Gasteiger partial charge is 0.495 e. The predicted octanol–water partition coefficient (Wildman–Crippen LogP) is 3.33.